The van der Waals surface area contributed by atoms with Gasteiger partial charge >= 0.3 is 0 Å². The van der Waals surface area contributed by atoms with Crippen molar-refractivity contribution >= 4 is 17.7 Å². The summed E-state index contributed by atoms with van der Waals surface area (Å²) in [5, 5.41) is 27.1. The molecule has 0 heterocycles. The zero-order valence-electron chi connectivity index (χ0n) is 14.7. The molecule has 25 heavy (non-hydrogen) atoms. The molecule has 1 amide bonds. The van der Waals surface area contributed by atoms with E-state index in [-0.39, 0.29) is 45.1 Å². The third kappa shape index (κ3) is 6.93. The van der Waals surface area contributed by atoms with Crippen LogP contribution in [0, 0.1) is 11.3 Å². The van der Waals surface area contributed by atoms with Crippen LogP contribution in [-0.2, 0) is 9.53 Å². The Hall–Kier alpha value is -2.40. The van der Waals surface area contributed by atoms with E-state index >= 15 is 0 Å². The van der Waals surface area contributed by atoms with Gasteiger partial charge in [0.05, 0.1) is 26.4 Å². The van der Waals surface area contributed by atoms with Crippen molar-refractivity contribution in [1.29, 1.82) is 5.26 Å². The predicted octanol–water partition coefficient (Wildman–Crippen LogP) is 0.489. The molecule has 0 radical (unpaired) electrons. The first-order valence-corrected chi connectivity index (χ1v) is 8.01. The van der Waals surface area contributed by atoms with Gasteiger partial charge in [-0.2, -0.15) is 5.26 Å². The number of hydrogen-bond acceptors (Lipinski definition) is 6. The maximum absolute atomic E-state index is 12.5. The molecule has 0 aliphatic heterocycles. The zero-order chi connectivity index (χ0) is 18.7. The maximum atomic E-state index is 12.5. The van der Waals surface area contributed by atoms with Crippen LogP contribution in [0.1, 0.15) is 5.56 Å². The highest BCUT2D eigenvalue weighted by Crippen LogP contribution is 2.15. The van der Waals surface area contributed by atoms with Crippen LogP contribution in [0.15, 0.2) is 29.8 Å². The van der Waals surface area contributed by atoms with E-state index in [9.17, 15) is 10.1 Å². The Morgan fingerprint density at radius 1 is 1.16 bits per heavy atom. The van der Waals surface area contributed by atoms with E-state index in [1.165, 1.54) is 11.0 Å². The average Bonchev–Trinajstić information content (AvgIpc) is 2.62. The molecule has 7 heteroatoms. The molecule has 0 spiro atoms. The lowest BCUT2D eigenvalue weighted by atomic mass is 10.1. The van der Waals surface area contributed by atoms with Gasteiger partial charge in [0, 0.05) is 32.9 Å². The van der Waals surface area contributed by atoms with Crippen LogP contribution in [-0.4, -0.2) is 74.6 Å². The van der Waals surface area contributed by atoms with Gasteiger partial charge in [0.2, 0.25) is 0 Å². The molecule has 0 bridgehead atoms. The van der Waals surface area contributed by atoms with Crippen molar-refractivity contribution < 1.29 is 19.7 Å². The highest BCUT2D eigenvalue weighted by molar-refractivity contribution is 6.01. The van der Waals surface area contributed by atoms with Crippen LogP contribution >= 0.6 is 0 Å². The average molecular weight is 347 g/mol. The van der Waals surface area contributed by atoms with Crippen molar-refractivity contribution in [2.45, 2.75) is 0 Å². The van der Waals surface area contributed by atoms with E-state index in [1.807, 2.05) is 49.3 Å². The molecule has 1 aromatic rings. The number of benzene rings is 1. The summed E-state index contributed by atoms with van der Waals surface area (Å²) >= 11 is 0. The number of aliphatic hydroxyl groups is 2. The van der Waals surface area contributed by atoms with Gasteiger partial charge in [0.15, 0.2) is 0 Å². The first kappa shape index (κ1) is 20.6. The fraction of sp³-hybridized carbons (Fsp3) is 0.444. The SMILES string of the molecule is CN(C)c1ccc(C=C(C#N)C(=O)N(CCO)CCOCCO)cc1. The van der Waals surface area contributed by atoms with Gasteiger partial charge in [-0.1, -0.05) is 12.1 Å². The molecule has 0 aliphatic rings. The van der Waals surface area contributed by atoms with E-state index in [1.54, 1.807) is 0 Å². The summed E-state index contributed by atoms with van der Waals surface area (Å²) in [4.78, 5) is 15.8. The highest BCUT2D eigenvalue weighted by atomic mass is 16.5. The highest BCUT2D eigenvalue weighted by Gasteiger charge is 2.17. The summed E-state index contributed by atoms with van der Waals surface area (Å²) < 4.78 is 5.14. The van der Waals surface area contributed by atoms with Gasteiger partial charge in [-0.25, -0.2) is 0 Å². The lowest BCUT2D eigenvalue weighted by molar-refractivity contribution is -0.128. The van der Waals surface area contributed by atoms with Crippen LogP contribution in [0.25, 0.3) is 6.08 Å². The predicted molar refractivity (Wildman–Crippen MR) is 95.9 cm³/mol. The number of aliphatic hydroxyl groups excluding tert-OH is 2. The molecule has 1 rings (SSSR count). The Balaban J connectivity index is 2.86. The number of amides is 1. The Kier molecular flexibility index (Phi) is 9.25. The minimum Gasteiger partial charge on any atom is -0.395 e. The van der Waals surface area contributed by atoms with Gasteiger partial charge in [-0.3, -0.25) is 4.79 Å². The van der Waals surface area contributed by atoms with Crippen molar-refractivity contribution in [1.82, 2.24) is 4.90 Å². The van der Waals surface area contributed by atoms with Crippen molar-refractivity contribution in [3.05, 3.63) is 35.4 Å². The molecular weight excluding hydrogens is 322 g/mol. The second kappa shape index (κ2) is 11.2. The summed E-state index contributed by atoms with van der Waals surface area (Å²) in [5.74, 6) is -0.458. The Bertz CT molecular complexity index is 606. The lowest BCUT2D eigenvalue weighted by Gasteiger charge is -2.21. The van der Waals surface area contributed by atoms with Crippen molar-refractivity contribution in [2.24, 2.45) is 0 Å². The maximum Gasteiger partial charge on any atom is 0.264 e. The van der Waals surface area contributed by atoms with Gasteiger partial charge < -0.3 is 24.7 Å². The fourth-order valence-electron chi connectivity index (χ4n) is 2.12. The topological polar surface area (TPSA) is 97.0 Å². The normalized spacial score (nSPS) is 11.1. The van der Waals surface area contributed by atoms with Gasteiger partial charge in [-0.15, -0.1) is 0 Å². The number of ether oxygens (including phenoxy) is 1. The third-order valence-corrected chi connectivity index (χ3v) is 3.47. The lowest BCUT2D eigenvalue weighted by Crippen LogP contribution is -2.37. The van der Waals surface area contributed by atoms with E-state index < -0.39 is 5.91 Å². The largest absolute Gasteiger partial charge is 0.395 e. The van der Waals surface area contributed by atoms with Crippen LogP contribution < -0.4 is 4.90 Å². The van der Waals surface area contributed by atoms with Crippen LogP contribution in [0.5, 0.6) is 0 Å². The van der Waals surface area contributed by atoms with E-state index in [4.69, 9.17) is 14.9 Å². The first-order valence-electron chi connectivity index (χ1n) is 8.01. The zero-order valence-corrected chi connectivity index (χ0v) is 14.7. The first-order chi connectivity index (χ1) is 12.0. The van der Waals surface area contributed by atoms with Crippen LogP contribution in [0.4, 0.5) is 5.69 Å². The molecule has 0 aromatic heterocycles. The minimum atomic E-state index is -0.458. The standard InChI is InChI=1S/C18H25N3O4/c1-20(2)17-5-3-15(4-6-17)13-16(14-19)18(24)21(7-9-22)8-11-25-12-10-23/h3-6,13,22-23H,7-12H2,1-2H3. The quantitative estimate of drug-likeness (QED) is 0.363. The molecule has 0 fully saturated rings. The molecule has 7 nitrogen and oxygen atoms in total. The van der Waals surface area contributed by atoms with Crippen molar-refractivity contribution in [2.75, 3.05) is 58.5 Å². The fourth-order valence-corrected chi connectivity index (χ4v) is 2.12. The Morgan fingerprint density at radius 2 is 1.84 bits per heavy atom. The molecule has 136 valence electrons. The second-order valence-corrected chi connectivity index (χ2v) is 5.51. The Labute approximate surface area is 148 Å². The third-order valence-electron chi connectivity index (χ3n) is 3.47. The molecule has 0 atom stereocenters. The van der Waals surface area contributed by atoms with Gasteiger partial charge in [0.25, 0.3) is 5.91 Å². The molecule has 0 saturated carbocycles. The van der Waals surface area contributed by atoms with Gasteiger partial charge in [0.1, 0.15) is 11.6 Å². The van der Waals surface area contributed by atoms with Crippen LogP contribution in [0.3, 0.4) is 0 Å². The number of rotatable bonds is 10. The molecule has 0 aliphatic carbocycles. The summed E-state index contributed by atoms with van der Waals surface area (Å²) in [7, 11) is 3.86. The molecule has 0 saturated heterocycles. The summed E-state index contributed by atoms with van der Waals surface area (Å²) in [5.41, 5.74) is 1.76. The second-order valence-electron chi connectivity index (χ2n) is 5.51. The van der Waals surface area contributed by atoms with Crippen molar-refractivity contribution in [3.63, 3.8) is 0 Å². The van der Waals surface area contributed by atoms with E-state index in [0.717, 1.165) is 11.3 Å². The molecular formula is C18H25N3O4. The summed E-state index contributed by atoms with van der Waals surface area (Å²) in [6, 6.07) is 9.40. The number of carbonyl (C=O) groups excluding carboxylic acids is 1. The summed E-state index contributed by atoms with van der Waals surface area (Å²) in [6.07, 6.45) is 1.53. The summed E-state index contributed by atoms with van der Waals surface area (Å²) in [6.45, 7) is 0.447. The molecule has 0 unspecified atom stereocenters. The Morgan fingerprint density at radius 3 is 2.36 bits per heavy atom. The van der Waals surface area contributed by atoms with Gasteiger partial charge in [-0.05, 0) is 23.8 Å². The number of hydrogen-bond donors (Lipinski definition) is 2. The van der Waals surface area contributed by atoms with Crippen molar-refractivity contribution in [3.8, 4) is 6.07 Å². The van der Waals surface area contributed by atoms with E-state index in [0.29, 0.717) is 0 Å². The van der Waals surface area contributed by atoms with E-state index in [2.05, 4.69) is 0 Å². The number of nitriles is 1. The monoisotopic (exact) mass is 347 g/mol. The molecule has 2 N–H and O–H groups in total. The van der Waals surface area contributed by atoms with Crippen LogP contribution in [0.2, 0.25) is 0 Å². The molecule has 1 aromatic carbocycles. The number of anilines is 1. The minimum absolute atomic E-state index is 0.00629. The number of nitrogens with zero attached hydrogens (tertiary/aromatic N) is 3. The number of carbonyl (C=O) groups is 1. The smallest absolute Gasteiger partial charge is 0.264 e.